The fourth-order valence-corrected chi connectivity index (χ4v) is 2.69. The lowest BCUT2D eigenvalue weighted by molar-refractivity contribution is -0.139. The van der Waals surface area contributed by atoms with Crippen LogP contribution in [0.5, 0.6) is 5.75 Å². The van der Waals surface area contributed by atoms with Crippen LogP contribution in [0.4, 0.5) is 0 Å². The number of carbonyl (C=O) groups is 2. The van der Waals surface area contributed by atoms with Crippen LogP contribution in [-0.2, 0) is 16.2 Å². The van der Waals surface area contributed by atoms with E-state index in [1.165, 1.54) is 6.21 Å². The van der Waals surface area contributed by atoms with E-state index < -0.39 is 11.8 Å². The summed E-state index contributed by atoms with van der Waals surface area (Å²) < 4.78 is 5.73. The van der Waals surface area contributed by atoms with Crippen LogP contribution in [-0.4, -0.2) is 24.6 Å². The SMILES string of the molecule is CCCCNC(=O)C(=O)N/N=C\c1cccc(OCc2c(Cl)cccc2Cl)c1. The van der Waals surface area contributed by atoms with Crippen LogP contribution in [0.3, 0.4) is 0 Å². The average molecular weight is 422 g/mol. The van der Waals surface area contributed by atoms with Gasteiger partial charge in [0.1, 0.15) is 12.4 Å². The van der Waals surface area contributed by atoms with Gasteiger partial charge in [0, 0.05) is 22.2 Å². The van der Waals surface area contributed by atoms with Crippen molar-refractivity contribution in [3.05, 3.63) is 63.6 Å². The third kappa shape index (κ3) is 6.87. The second-order valence-corrected chi connectivity index (χ2v) is 6.68. The number of hydrogen-bond acceptors (Lipinski definition) is 4. The molecule has 0 aromatic heterocycles. The van der Waals surface area contributed by atoms with E-state index in [0.717, 1.165) is 12.8 Å². The van der Waals surface area contributed by atoms with Gasteiger partial charge in [0.25, 0.3) is 0 Å². The molecule has 0 saturated heterocycles. The zero-order chi connectivity index (χ0) is 20.4. The van der Waals surface area contributed by atoms with Crippen molar-refractivity contribution in [1.82, 2.24) is 10.7 Å². The highest BCUT2D eigenvalue weighted by atomic mass is 35.5. The van der Waals surface area contributed by atoms with Crippen molar-refractivity contribution >= 4 is 41.2 Å². The standard InChI is InChI=1S/C20H21Cl2N3O3/c1-2-3-10-23-19(26)20(27)25-24-12-14-6-4-7-15(11-14)28-13-16-17(21)8-5-9-18(16)22/h4-9,11-12H,2-3,10,13H2,1H3,(H,23,26)(H,25,27)/b24-12-. The van der Waals surface area contributed by atoms with Gasteiger partial charge in [-0.2, -0.15) is 5.10 Å². The molecule has 0 radical (unpaired) electrons. The molecule has 8 heteroatoms. The molecular formula is C20H21Cl2N3O3. The molecule has 0 aliphatic heterocycles. The Balaban J connectivity index is 1.89. The van der Waals surface area contributed by atoms with E-state index in [-0.39, 0.29) is 6.61 Å². The molecule has 6 nitrogen and oxygen atoms in total. The summed E-state index contributed by atoms with van der Waals surface area (Å²) in [4.78, 5) is 23.2. The Morgan fingerprint density at radius 2 is 1.82 bits per heavy atom. The van der Waals surface area contributed by atoms with Gasteiger partial charge in [0.15, 0.2) is 0 Å². The van der Waals surface area contributed by atoms with Crippen LogP contribution in [0.2, 0.25) is 10.0 Å². The first-order valence-corrected chi connectivity index (χ1v) is 9.54. The van der Waals surface area contributed by atoms with Gasteiger partial charge in [-0.25, -0.2) is 5.43 Å². The first kappa shape index (κ1) is 21.7. The second kappa shape index (κ2) is 11.3. The molecule has 0 spiro atoms. The third-order valence-electron chi connectivity index (χ3n) is 3.70. The Morgan fingerprint density at radius 3 is 2.54 bits per heavy atom. The summed E-state index contributed by atoms with van der Waals surface area (Å²) in [5.41, 5.74) is 3.58. The van der Waals surface area contributed by atoms with Gasteiger partial charge >= 0.3 is 11.8 Å². The molecule has 0 aliphatic rings. The van der Waals surface area contributed by atoms with Gasteiger partial charge in [-0.05, 0) is 36.2 Å². The molecule has 2 amide bonds. The van der Waals surface area contributed by atoms with E-state index in [9.17, 15) is 9.59 Å². The highest BCUT2D eigenvalue weighted by Gasteiger charge is 2.11. The molecule has 0 saturated carbocycles. The smallest absolute Gasteiger partial charge is 0.329 e. The lowest BCUT2D eigenvalue weighted by atomic mass is 10.2. The first-order chi connectivity index (χ1) is 13.5. The Bertz CT molecular complexity index is 836. The summed E-state index contributed by atoms with van der Waals surface area (Å²) in [5.74, 6) is -0.934. The maximum Gasteiger partial charge on any atom is 0.329 e. The van der Waals surface area contributed by atoms with E-state index in [2.05, 4.69) is 15.8 Å². The van der Waals surface area contributed by atoms with E-state index >= 15 is 0 Å². The minimum atomic E-state index is -0.812. The zero-order valence-corrected chi connectivity index (χ0v) is 16.9. The summed E-state index contributed by atoms with van der Waals surface area (Å²) in [5, 5.41) is 7.38. The number of ether oxygens (including phenoxy) is 1. The van der Waals surface area contributed by atoms with E-state index in [0.29, 0.717) is 33.5 Å². The van der Waals surface area contributed by atoms with Gasteiger partial charge in [0.2, 0.25) is 0 Å². The molecule has 2 rings (SSSR count). The lowest BCUT2D eigenvalue weighted by Gasteiger charge is -2.09. The normalized spacial score (nSPS) is 10.7. The molecule has 2 aromatic carbocycles. The lowest BCUT2D eigenvalue weighted by Crippen LogP contribution is -2.38. The molecular weight excluding hydrogens is 401 g/mol. The van der Waals surface area contributed by atoms with Crippen LogP contribution < -0.4 is 15.5 Å². The van der Waals surface area contributed by atoms with Crippen molar-refractivity contribution in [3.63, 3.8) is 0 Å². The van der Waals surface area contributed by atoms with Crippen LogP contribution in [0.15, 0.2) is 47.6 Å². The van der Waals surface area contributed by atoms with Crippen LogP contribution in [0.25, 0.3) is 0 Å². The van der Waals surface area contributed by atoms with E-state index in [4.69, 9.17) is 27.9 Å². The second-order valence-electron chi connectivity index (χ2n) is 5.87. The summed E-state index contributed by atoms with van der Waals surface area (Å²) in [6.07, 6.45) is 3.17. The van der Waals surface area contributed by atoms with Crippen molar-refractivity contribution in [2.24, 2.45) is 5.10 Å². The molecule has 2 aromatic rings. The van der Waals surface area contributed by atoms with Gasteiger partial charge in [-0.3, -0.25) is 9.59 Å². The van der Waals surface area contributed by atoms with Crippen LogP contribution in [0, 0.1) is 0 Å². The molecule has 148 valence electrons. The molecule has 0 atom stereocenters. The van der Waals surface area contributed by atoms with Gasteiger partial charge in [-0.15, -0.1) is 0 Å². The van der Waals surface area contributed by atoms with Crippen molar-refractivity contribution in [3.8, 4) is 5.75 Å². The molecule has 28 heavy (non-hydrogen) atoms. The van der Waals surface area contributed by atoms with Gasteiger partial charge in [0.05, 0.1) is 6.21 Å². The predicted octanol–water partition coefficient (Wildman–Crippen LogP) is 3.94. The number of nitrogens with zero attached hydrogens (tertiary/aromatic N) is 1. The molecule has 0 heterocycles. The number of hydrogen-bond donors (Lipinski definition) is 2. The minimum absolute atomic E-state index is 0.216. The average Bonchev–Trinajstić information content (AvgIpc) is 2.68. The number of halogens is 2. The maximum absolute atomic E-state index is 11.6. The summed E-state index contributed by atoms with van der Waals surface area (Å²) in [7, 11) is 0. The summed E-state index contributed by atoms with van der Waals surface area (Å²) in [6.45, 7) is 2.67. The Hall–Kier alpha value is -2.57. The Kier molecular flexibility index (Phi) is 8.78. The van der Waals surface area contributed by atoms with Gasteiger partial charge < -0.3 is 10.1 Å². The Labute approximate surface area is 173 Å². The van der Waals surface area contributed by atoms with Crippen molar-refractivity contribution in [2.45, 2.75) is 26.4 Å². The Morgan fingerprint density at radius 1 is 1.11 bits per heavy atom. The zero-order valence-electron chi connectivity index (χ0n) is 15.4. The fraction of sp³-hybridized carbons (Fsp3) is 0.250. The summed E-state index contributed by atoms with van der Waals surface area (Å²) in [6, 6.07) is 12.3. The van der Waals surface area contributed by atoms with Crippen LogP contribution in [0.1, 0.15) is 30.9 Å². The van der Waals surface area contributed by atoms with Crippen molar-refractivity contribution in [1.29, 1.82) is 0 Å². The minimum Gasteiger partial charge on any atom is -0.489 e. The topological polar surface area (TPSA) is 79.8 Å². The predicted molar refractivity (Wildman–Crippen MR) is 111 cm³/mol. The number of rotatable bonds is 8. The number of unbranched alkanes of at least 4 members (excludes halogenated alkanes) is 1. The number of carbonyl (C=O) groups excluding carboxylic acids is 2. The molecule has 0 bridgehead atoms. The highest BCUT2D eigenvalue weighted by molar-refractivity contribution is 6.36. The van der Waals surface area contributed by atoms with E-state index in [1.807, 2.05) is 6.92 Å². The largest absolute Gasteiger partial charge is 0.489 e. The monoisotopic (exact) mass is 421 g/mol. The van der Waals surface area contributed by atoms with Crippen molar-refractivity contribution in [2.75, 3.05) is 6.54 Å². The third-order valence-corrected chi connectivity index (χ3v) is 4.41. The molecule has 0 fully saturated rings. The highest BCUT2D eigenvalue weighted by Crippen LogP contribution is 2.26. The van der Waals surface area contributed by atoms with Crippen molar-refractivity contribution < 1.29 is 14.3 Å². The fourth-order valence-electron chi connectivity index (χ4n) is 2.19. The molecule has 0 unspecified atom stereocenters. The number of hydrazone groups is 1. The summed E-state index contributed by atoms with van der Waals surface area (Å²) >= 11 is 12.3. The maximum atomic E-state index is 11.6. The molecule has 2 N–H and O–H groups in total. The first-order valence-electron chi connectivity index (χ1n) is 8.78. The number of nitrogens with one attached hydrogen (secondary N) is 2. The number of amides is 2. The number of benzene rings is 2. The quantitative estimate of drug-likeness (QED) is 0.293. The van der Waals surface area contributed by atoms with Crippen LogP contribution >= 0.6 is 23.2 Å². The molecule has 0 aliphatic carbocycles. The van der Waals surface area contributed by atoms with E-state index in [1.54, 1.807) is 42.5 Å². The van der Waals surface area contributed by atoms with Gasteiger partial charge in [-0.1, -0.05) is 54.7 Å².